The monoisotopic (exact) mass is 515 g/mol. The number of rotatable bonds is 5. The topological polar surface area (TPSA) is 79.6 Å². The molecule has 1 aromatic carbocycles. The maximum Gasteiger partial charge on any atom is 0.416 e. The maximum atomic E-state index is 13.7. The Bertz CT molecular complexity index is 1300. The Kier molecular flexibility index (Phi) is 6.42. The lowest BCUT2D eigenvalue weighted by atomic mass is 10.0. The fraction of sp³-hybridized carbons (Fsp3) is 0.440. The second-order valence-electron chi connectivity index (χ2n) is 9.34. The van der Waals surface area contributed by atoms with Crippen molar-refractivity contribution in [2.75, 3.05) is 30.0 Å². The van der Waals surface area contributed by atoms with Gasteiger partial charge in [0.1, 0.15) is 12.0 Å². The zero-order valence-corrected chi connectivity index (χ0v) is 20.9. The van der Waals surface area contributed by atoms with Crippen LogP contribution in [0.2, 0.25) is 0 Å². The van der Waals surface area contributed by atoms with E-state index < -0.39 is 11.7 Å². The van der Waals surface area contributed by atoms with Gasteiger partial charge in [-0.1, -0.05) is 18.2 Å². The third-order valence-electron chi connectivity index (χ3n) is 6.99. The average Bonchev–Trinajstić information content (AvgIpc) is 3.25. The summed E-state index contributed by atoms with van der Waals surface area (Å²) in [5.74, 6) is 0.912. The minimum Gasteiger partial charge on any atom is -0.479 e. The molecule has 0 aliphatic carbocycles. The highest BCUT2D eigenvalue weighted by molar-refractivity contribution is 5.94. The number of aryl methyl sites for hydroxylation is 2. The number of carbonyl (C=O) groups is 1. The Labute approximate surface area is 212 Å². The van der Waals surface area contributed by atoms with Gasteiger partial charge in [-0.05, 0) is 31.4 Å². The van der Waals surface area contributed by atoms with E-state index >= 15 is 0 Å². The number of hydrogen-bond acceptors (Lipinski definition) is 6. The van der Waals surface area contributed by atoms with Gasteiger partial charge in [-0.25, -0.2) is 9.78 Å². The Morgan fingerprint density at radius 1 is 1.14 bits per heavy atom. The van der Waals surface area contributed by atoms with Crippen LogP contribution in [0.1, 0.15) is 35.2 Å². The number of methoxy groups -OCH3 is 1. The number of nitrogens with zero attached hydrogens (tertiary/aromatic N) is 7. The lowest BCUT2D eigenvalue weighted by Crippen LogP contribution is -2.54. The molecule has 0 bridgehead atoms. The van der Waals surface area contributed by atoms with Crippen molar-refractivity contribution in [3.8, 4) is 5.88 Å². The lowest BCUT2D eigenvalue weighted by Gasteiger charge is -2.43. The SMILES string of the molecule is COc1ncnc(C)c1N1CCC(N2Cc3cn(C)nc3N(Cc3ccccc3C(F)(F)F)C2=O)CC1. The van der Waals surface area contributed by atoms with E-state index in [9.17, 15) is 18.0 Å². The number of hydrogen-bond donors (Lipinski definition) is 0. The summed E-state index contributed by atoms with van der Waals surface area (Å²) in [6.07, 6.45) is 0.142. The Balaban J connectivity index is 1.39. The molecule has 2 amide bonds. The maximum absolute atomic E-state index is 13.7. The van der Waals surface area contributed by atoms with Crippen molar-refractivity contribution in [1.29, 1.82) is 0 Å². The first kappa shape index (κ1) is 24.8. The van der Waals surface area contributed by atoms with E-state index in [4.69, 9.17) is 4.74 Å². The van der Waals surface area contributed by atoms with Crippen molar-refractivity contribution in [2.45, 2.75) is 45.1 Å². The molecule has 2 aromatic heterocycles. The molecule has 0 unspecified atom stereocenters. The van der Waals surface area contributed by atoms with Crippen molar-refractivity contribution in [3.05, 3.63) is 59.2 Å². The molecular weight excluding hydrogens is 487 g/mol. The number of halogens is 3. The van der Waals surface area contributed by atoms with Gasteiger partial charge >= 0.3 is 12.2 Å². The Morgan fingerprint density at radius 3 is 2.57 bits per heavy atom. The second-order valence-corrected chi connectivity index (χ2v) is 9.34. The number of fused-ring (bicyclic) bond motifs is 1. The third-order valence-corrected chi connectivity index (χ3v) is 6.99. The van der Waals surface area contributed by atoms with Gasteiger partial charge in [0.15, 0.2) is 5.82 Å². The fourth-order valence-electron chi connectivity index (χ4n) is 5.25. The first-order valence-corrected chi connectivity index (χ1v) is 12.0. The summed E-state index contributed by atoms with van der Waals surface area (Å²) in [5.41, 5.74) is 1.74. The first-order chi connectivity index (χ1) is 17.7. The van der Waals surface area contributed by atoms with E-state index in [0.29, 0.717) is 44.2 Å². The van der Waals surface area contributed by atoms with E-state index in [1.54, 1.807) is 29.8 Å². The zero-order valence-electron chi connectivity index (χ0n) is 20.9. The molecule has 4 heterocycles. The van der Waals surface area contributed by atoms with Gasteiger partial charge in [0.2, 0.25) is 5.88 Å². The summed E-state index contributed by atoms with van der Waals surface area (Å²) < 4.78 is 48.0. The highest BCUT2D eigenvalue weighted by atomic mass is 19.4. The van der Waals surface area contributed by atoms with Gasteiger partial charge in [0.05, 0.1) is 31.5 Å². The van der Waals surface area contributed by atoms with Crippen molar-refractivity contribution < 1.29 is 22.7 Å². The lowest BCUT2D eigenvalue weighted by molar-refractivity contribution is -0.138. The third kappa shape index (κ3) is 4.67. The number of urea groups is 1. The minimum atomic E-state index is -4.52. The van der Waals surface area contributed by atoms with Crippen molar-refractivity contribution in [2.24, 2.45) is 7.05 Å². The van der Waals surface area contributed by atoms with Crippen LogP contribution in [0, 0.1) is 6.92 Å². The van der Waals surface area contributed by atoms with Crippen LogP contribution in [0.4, 0.5) is 29.5 Å². The summed E-state index contributed by atoms with van der Waals surface area (Å²) in [7, 11) is 3.31. The number of piperidine rings is 1. The number of carbonyl (C=O) groups excluding carboxylic acids is 1. The van der Waals surface area contributed by atoms with Crippen molar-refractivity contribution >= 4 is 17.5 Å². The molecule has 12 heteroatoms. The molecular formula is C25H28F3N7O2. The van der Waals surface area contributed by atoms with Crippen LogP contribution in [0.15, 0.2) is 36.8 Å². The Hall–Kier alpha value is -3.83. The number of benzene rings is 1. The van der Waals surface area contributed by atoms with Gasteiger partial charge in [0, 0.05) is 37.9 Å². The van der Waals surface area contributed by atoms with Crippen LogP contribution in [0.3, 0.4) is 0 Å². The Morgan fingerprint density at radius 2 is 1.86 bits per heavy atom. The molecule has 37 heavy (non-hydrogen) atoms. The number of anilines is 2. The highest BCUT2D eigenvalue weighted by Crippen LogP contribution is 2.37. The van der Waals surface area contributed by atoms with Crippen LogP contribution >= 0.6 is 0 Å². The number of alkyl halides is 3. The molecule has 3 aromatic rings. The van der Waals surface area contributed by atoms with E-state index in [0.717, 1.165) is 23.0 Å². The minimum absolute atomic E-state index is 0.0308. The molecule has 196 valence electrons. The van der Waals surface area contributed by atoms with Crippen LogP contribution in [0.5, 0.6) is 5.88 Å². The van der Waals surface area contributed by atoms with E-state index in [-0.39, 0.29) is 24.2 Å². The number of amides is 2. The number of aromatic nitrogens is 4. The van der Waals surface area contributed by atoms with Gasteiger partial charge in [0.25, 0.3) is 0 Å². The summed E-state index contributed by atoms with van der Waals surface area (Å²) >= 11 is 0. The van der Waals surface area contributed by atoms with Gasteiger partial charge < -0.3 is 14.5 Å². The molecule has 2 aliphatic heterocycles. The molecule has 0 radical (unpaired) electrons. The second kappa shape index (κ2) is 9.56. The van der Waals surface area contributed by atoms with Gasteiger partial charge in [-0.2, -0.15) is 23.3 Å². The molecule has 9 nitrogen and oxygen atoms in total. The summed E-state index contributed by atoms with van der Waals surface area (Å²) in [4.78, 5) is 27.5. The number of ether oxygens (including phenoxy) is 1. The van der Waals surface area contributed by atoms with Gasteiger partial charge in [-0.3, -0.25) is 9.58 Å². The summed E-state index contributed by atoms with van der Waals surface area (Å²) in [5, 5.41) is 4.41. The van der Waals surface area contributed by atoms with Gasteiger partial charge in [-0.15, -0.1) is 0 Å². The quantitative estimate of drug-likeness (QED) is 0.508. The van der Waals surface area contributed by atoms with Crippen LogP contribution in [-0.2, 0) is 26.3 Å². The van der Waals surface area contributed by atoms with Crippen LogP contribution in [-0.4, -0.2) is 56.9 Å². The molecule has 0 saturated carbocycles. The summed E-state index contributed by atoms with van der Waals surface area (Å²) in [6.45, 7) is 3.37. The molecule has 5 rings (SSSR count). The highest BCUT2D eigenvalue weighted by Gasteiger charge is 2.40. The molecule has 0 N–H and O–H groups in total. The fourth-order valence-corrected chi connectivity index (χ4v) is 5.25. The zero-order chi connectivity index (χ0) is 26.3. The molecule has 1 fully saturated rings. The largest absolute Gasteiger partial charge is 0.479 e. The standard InChI is InChI=1S/C25H28F3N7O2/c1-16-21(23(37-3)30-15-29-16)33-10-8-19(9-11-33)34-14-18-12-32(2)31-22(18)35(24(34)36)13-17-6-4-5-7-20(17)25(26,27)28/h4-7,12,15,19H,8-11,13-14H2,1-3H3. The van der Waals surface area contributed by atoms with E-state index in [2.05, 4.69) is 20.0 Å². The molecule has 2 aliphatic rings. The smallest absolute Gasteiger partial charge is 0.416 e. The van der Waals surface area contributed by atoms with Crippen molar-refractivity contribution in [3.63, 3.8) is 0 Å². The summed E-state index contributed by atoms with van der Waals surface area (Å²) in [6, 6.07) is 4.95. The van der Waals surface area contributed by atoms with Crippen LogP contribution < -0.4 is 14.5 Å². The predicted molar refractivity (Wildman–Crippen MR) is 130 cm³/mol. The van der Waals surface area contributed by atoms with E-state index in [1.165, 1.54) is 23.4 Å². The normalized spacial score (nSPS) is 16.8. The molecule has 0 atom stereocenters. The van der Waals surface area contributed by atoms with E-state index in [1.807, 2.05) is 13.1 Å². The predicted octanol–water partition coefficient (Wildman–Crippen LogP) is 4.16. The van der Waals surface area contributed by atoms with Crippen LogP contribution in [0.25, 0.3) is 0 Å². The molecule has 0 spiro atoms. The van der Waals surface area contributed by atoms with Crippen molar-refractivity contribution in [1.82, 2.24) is 24.6 Å². The molecule has 1 saturated heterocycles. The first-order valence-electron chi connectivity index (χ1n) is 12.0. The average molecular weight is 516 g/mol.